The van der Waals surface area contributed by atoms with E-state index in [0.717, 1.165) is 44.7 Å². The molecule has 0 aromatic carbocycles. The molecular weight excluding hydrogens is 397 g/mol. The highest BCUT2D eigenvalue weighted by atomic mass is 127. The molecule has 1 rings (SSSR count). The highest BCUT2D eigenvalue weighted by molar-refractivity contribution is 14.0. The van der Waals surface area contributed by atoms with Crippen LogP contribution in [-0.2, 0) is 4.74 Å². The van der Waals surface area contributed by atoms with Crippen molar-refractivity contribution in [3.8, 4) is 0 Å². The SMILES string of the molecule is CN=C(NCCOCC(C)C)N1CCSC(C(C)C)C1.I. The molecule has 1 fully saturated rings. The Bertz CT molecular complexity index is 301. The Morgan fingerprint density at radius 3 is 2.67 bits per heavy atom. The molecule has 0 saturated carbocycles. The van der Waals surface area contributed by atoms with Gasteiger partial charge in [0.05, 0.1) is 6.61 Å². The fourth-order valence-corrected chi connectivity index (χ4v) is 3.46. The molecule has 0 spiro atoms. The fourth-order valence-electron chi connectivity index (χ4n) is 2.16. The third-order valence-corrected chi connectivity index (χ3v) is 4.87. The Morgan fingerprint density at radius 2 is 2.10 bits per heavy atom. The van der Waals surface area contributed by atoms with Gasteiger partial charge in [0.25, 0.3) is 0 Å². The lowest BCUT2D eigenvalue weighted by Crippen LogP contribution is -2.49. The van der Waals surface area contributed by atoms with Crippen LogP contribution in [0.2, 0.25) is 0 Å². The molecule has 1 atom stereocenters. The van der Waals surface area contributed by atoms with Gasteiger partial charge in [-0.3, -0.25) is 4.99 Å². The van der Waals surface area contributed by atoms with Crippen LogP contribution in [0.5, 0.6) is 0 Å². The maximum absolute atomic E-state index is 5.60. The molecule has 0 radical (unpaired) electrons. The molecular formula is C15H32IN3OS. The molecule has 126 valence electrons. The van der Waals surface area contributed by atoms with Crippen molar-refractivity contribution >= 4 is 41.7 Å². The van der Waals surface area contributed by atoms with Gasteiger partial charge in [0.2, 0.25) is 0 Å². The Kier molecular flexibility index (Phi) is 12.0. The molecule has 1 unspecified atom stereocenters. The molecule has 1 saturated heterocycles. The lowest BCUT2D eigenvalue weighted by molar-refractivity contribution is 0.114. The van der Waals surface area contributed by atoms with Crippen LogP contribution < -0.4 is 5.32 Å². The number of guanidine groups is 1. The van der Waals surface area contributed by atoms with Crippen molar-refractivity contribution in [1.29, 1.82) is 0 Å². The fraction of sp³-hybridized carbons (Fsp3) is 0.933. The van der Waals surface area contributed by atoms with E-state index < -0.39 is 0 Å². The van der Waals surface area contributed by atoms with Crippen LogP contribution in [0.15, 0.2) is 4.99 Å². The Morgan fingerprint density at radius 1 is 1.38 bits per heavy atom. The third-order valence-electron chi connectivity index (χ3n) is 3.33. The average Bonchev–Trinajstić information content (AvgIpc) is 2.42. The number of nitrogens with zero attached hydrogens (tertiary/aromatic N) is 2. The zero-order chi connectivity index (χ0) is 15.0. The Labute approximate surface area is 151 Å². The molecule has 0 amide bonds. The zero-order valence-corrected chi connectivity index (χ0v) is 17.2. The van der Waals surface area contributed by atoms with Crippen LogP contribution >= 0.6 is 35.7 Å². The van der Waals surface area contributed by atoms with Crippen molar-refractivity contribution in [3.05, 3.63) is 0 Å². The second-order valence-corrected chi connectivity index (χ2v) is 7.39. The minimum atomic E-state index is 0. The Balaban J connectivity index is 0.00000400. The number of halogens is 1. The topological polar surface area (TPSA) is 36.9 Å². The highest BCUT2D eigenvalue weighted by Gasteiger charge is 2.24. The number of ether oxygens (including phenoxy) is 1. The summed E-state index contributed by atoms with van der Waals surface area (Å²) < 4.78 is 5.60. The van der Waals surface area contributed by atoms with Gasteiger partial charge in [-0.2, -0.15) is 11.8 Å². The normalized spacial score (nSPS) is 19.9. The lowest BCUT2D eigenvalue weighted by Gasteiger charge is -2.36. The van der Waals surface area contributed by atoms with Crippen LogP contribution in [-0.4, -0.2) is 61.8 Å². The largest absolute Gasteiger partial charge is 0.379 e. The molecule has 0 bridgehead atoms. The lowest BCUT2D eigenvalue weighted by atomic mass is 10.1. The second kappa shape index (κ2) is 11.8. The van der Waals surface area contributed by atoms with E-state index in [4.69, 9.17) is 4.74 Å². The van der Waals surface area contributed by atoms with E-state index in [1.165, 1.54) is 5.75 Å². The standard InChI is InChI=1S/C15H31N3OS.HI/c1-12(2)11-19-8-6-17-15(16-5)18-7-9-20-14(10-18)13(3)4;/h12-14H,6-11H2,1-5H3,(H,16,17);1H. The quantitative estimate of drug-likeness (QED) is 0.305. The van der Waals surface area contributed by atoms with E-state index in [1.807, 2.05) is 7.05 Å². The summed E-state index contributed by atoms with van der Waals surface area (Å²) in [6.45, 7) is 13.5. The van der Waals surface area contributed by atoms with Gasteiger partial charge in [-0.05, 0) is 11.8 Å². The summed E-state index contributed by atoms with van der Waals surface area (Å²) in [5.74, 6) is 3.52. The second-order valence-electron chi connectivity index (χ2n) is 6.04. The van der Waals surface area contributed by atoms with E-state index in [0.29, 0.717) is 11.2 Å². The van der Waals surface area contributed by atoms with Gasteiger partial charge in [0, 0.05) is 44.3 Å². The van der Waals surface area contributed by atoms with Crippen molar-refractivity contribution in [2.24, 2.45) is 16.8 Å². The smallest absolute Gasteiger partial charge is 0.193 e. The summed E-state index contributed by atoms with van der Waals surface area (Å²) in [6.07, 6.45) is 0. The van der Waals surface area contributed by atoms with Crippen molar-refractivity contribution < 1.29 is 4.74 Å². The Hall–Kier alpha value is 0.310. The average molecular weight is 429 g/mol. The maximum atomic E-state index is 5.60. The van der Waals surface area contributed by atoms with E-state index in [-0.39, 0.29) is 24.0 Å². The summed E-state index contributed by atoms with van der Waals surface area (Å²) >= 11 is 2.09. The first-order valence-corrected chi connectivity index (χ1v) is 8.74. The minimum absolute atomic E-state index is 0. The van der Waals surface area contributed by atoms with Crippen LogP contribution in [0.3, 0.4) is 0 Å². The predicted octanol–water partition coefficient (Wildman–Crippen LogP) is 2.93. The number of rotatable bonds is 6. The number of hydrogen-bond donors (Lipinski definition) is 1. The van der Waals surface area contributed by atoms with Gasteiger partial charge in [-0.25, -0.2) is 0 Å². The van der Waals surface area contributed by atoms with Crippen LogP contribution in [0, 0.1) is 11.8 Å². The van der Waals surface area contributed by atoms with Crippen molar-refractivity contribution in [2.45, 2.75) is 32.9 Å². The van der Waals surface area contributed by atoms with Gasteiger partial charge >= 0.3 is 0 Å². The molecule has 1 heterocycles. The molecule has 6 heteroatoms. The number of thioether (sulfide) groups is 1. The molecule has 0 aromatic rings. The van der Waals surface area contributed by atoms with E-state index in [9.17, 15) is 0 Å². The summed E-state index contributed by atoms with van der Waals surface area (Å²) in [5, 5.41) is 4.12. The summed E-state index contributed by atoms with van der Waals surface area (Å²) in [6, 6.07) is 0. The van der Waals surface area contributed by atoms with Gasteiger partial charge in [0.15, 0.2) is 5.96 Å². The van der Waals surface area contributed by atoms with Crippen LogP contribution in [0.1, 0.15) is 27.7 Å². The molecule has 1 aliphatic rings. The molecule has 4 nitrogen and oxygen atoms in total. The number of hydrogen-bond acceptors (Lipinski definition) is 3. The third kappa shape index (κ3) is 8.50. The number of aliphatic imine (C=N–C) groups is 1. The molecule has 1 N–H and O–H groups in total. The monoisotopic (exact) mass is 429 g/mol. The van der Waals surface area contributed by atoms with Crippen molar-refractivity contribution in [2.75, 3.05) is 45.6 Å². The summed E-state index contributed by atoms with van der Waals surface area (Å²) in [7, 11) is 1.86. The predicted molar refractivity (Wildman–Crippen MR) is 105 cm³/mol. The van der Waals surface area contributed by atoms with Crippen LogP contribution in [0.25, 0.3) is 0 Å². The van der Waals surface area contributed by atoms with Gasteiger partial charge < -0.3 is 15.0 Å². The maximum Gasteiger partial charge on any atom is 0.193 e. The number of nitrogens with one attached hydrogen (secondary N) is 1. The van der Waals surface area contributed by atoms with E-state index in [2.05, 4.69) is 54.7 Å². The highest BCUT2D eigenvalue weighted by Crippen LogP contribution is 2.24. The molecule has 0 aromatic heterocycles. The molecule has 1 aliphatic heterocycles. The molecule has 21 heavy (non-hydrogen) atoms. The van der Waals surface area contributed by atoms with Crippen molar-refractivity contribution in [1.82, 2.24) is 10.2 Å². The van der Waals surface area contributed by atoms with Gasteiger partial charge in [0.1, 0.15) is 0 Å². The first-order valence-electron chi connectivity index (χ1n) is 7.69. The van der Waals surface area contributed by atoms with Crippen LogP contribution in [0.4, 0.5) is 0 Å². The van der Waals surface area contributed by atoms with Gasteiger partial charge in [-0.15, -0.1) is 24.0 Å². The van der Waals surface area contributed by atoms with Gasteiger partial charge in [-0.1, -0.05) is 27.7 Å². The first-order chi connectivity index (χ1) is 9.54. The minimum Gasteiger partial charge on any atom is -0.379 e. The van der Waals surface area contributed by atoms with E-state index in [1.54, 1.807) is 0 Å². The van der Waals surface area contributed by atoms with Crippen molar-refractivity contribution in [3.63, 3.8) is 0 Å². The van der Waals surface area contributed by atoms with E-state index >= 15 is 0 Å². The summed E-state index contributed by atoms with van der Waals surface area (Å²) in [5.41, 5.74) is 0. The zero-order valence-electron chi connectivity index (χ0n) is 14.1. The summed E-state index contributed by atoms with van der Waals surface area (Å²) in [4.78, 5) is 6.78. The molecule has 0 aliphatic carbocycles. The first kappa shape index (κ1) is 21.3.